The highest BCUT2D eigenvalue weighted by atomic mass is 19.1. The molecule has 1 aromatic carbocycles. The Kier molecular flexibility index (Phi) is 2.96. The van der Waals surface area contributed by atoms with Crippen molar-refractivity contribution in [3.63, 3.8) is 0 Å². The summed E-state index contributed by atoms with van der Waals surface area (Å²) >= 11 is 0. The maximum atomic E-state index is 14.3. The van der Waals surface area contributed by atoms with Gasteiger partial charge in [0.25, 0.3) is 0 Å². The number of aromatic nitrogens is 1. The smallest absolute Gasteiger partial charge is 0.150 e. The Morgan fingerprint density at radius 3 is 3.00 bits per heavy atom. The number of fused-ring (bicyclic) bond motifs is 1. The highest BCUT2D eigenvalue weighted by Crippen LogP contribution is 2.33. The van der Waals surface area contributed by atoms with E-state index in [0.717, 1.165) is 30.9 Å². The largest absolute Gasteiger partial charge is 0.398 e. The Hall–Kier alpha value is -1.88. The molecule has 1 aromatic heterocycles. The molecule has 4 rings (SSSR count). The van der Waals surface area contributed by atoms with Crippen LogP contribution >= 0.6 is 0 Å². The van der Waals surface area contributed by atoms with Gasteiger partial charge in [-0.1, -0.05) is 0 Å². The van der Waals surface area contributed by atoms with Gasteiger partial charge >= 0.3 is 0 Å². The van der Waals surface area contributed by atoms with Crippen molar-refractivity contribution in [1.82, 2.24) is 9.88 Å². The van der Waals surface area contributed by atoms with E-state index in [9.17, 15) is 4.39 Å². The molecule has 0 radical (unpaired) electrons. The molecular weight excluding hydrogens is 267 g/mol. The first-order chi connectivity index (χ1) is 10.2. The summed E-state index contributed by atoms with van der Waals surface area (Å²) in [5.41, 5.74) is 7.44. The summed E-state index contributed by atoms with van der Waals surface area (Å²) in [6.45, 7) is 2.09. The van der Waals surface area contributed by atoms with Gasteiger partial charge in [0.2, 0.25) is 0 Å². The minimum absolute atomic E-state index is 0.286. The molecule has 2 fully saturated rings. The molecule has 0 bridgehead atoms. The zero-order valence-electron chi connectivity index (χ0n) is 11.8. The van der Waals surface area contributed by atoms with Crippen LogP contribution in [0.3, 0.4) is 0 Å². The summed E-state index contributed by atoms with van der Waals surface area (Å²) in [5, 5.41) is 4.16. The second kappa shape index (κ2) is 4.84. The fourth-order valence-electron chi connectivity index (χ4n) is 3.25. The highest BCUT2D eigenvalue weighted by molar-refractivity contribution is 5.98. The van der Waals surface area contributed by atoms with Crippen molar-refractivity contribution in [3.8, 4) is 0 Å². The Balaban J connectivity index is 1.64. The van der Waals surface area contributed by atoms with Crippen LogP contribution in [0.1, 0.15) is 19.3 Å². The van der Waals surface area contributed by atoms with Crippen LogP contribution in [0.5, 0.6) is 0 Å². The molecule has 1 atom stereocenters. The van der Waals surface area contributed by atoms with Crippen molar-refractivity contribution < 1.29 is 4.39 Å². The molecule has 110 valence electrons. The van der Waals surface area contributed by atoms with Crippen molar-refractivity contribution >= 4 is 22.3 Å². The van der Waals surface area contributed by atoms with Gasteiger partial charge in [-0.25, -0.2) is 4.39 Å². The van der Waals surface area contributed by atoms with Crippen LogP contribution in [0, 0.1) is 5.82 Å². The van der Waals surface area contributed by atoms with Gasteiger partial charge in [-0.3, -0.25) is 9.88 Å². The molecule has 1 saturated carbocycles. The number of halogens is 1. The van der Waals surface area contributed by atoms with Gasteiger partial charge in [-0.2, -0.15) is 0 Å². The Labute approximate surface area is 123 Å². The van der Waals surface area contributed by atoms with Crippen molar-refractivity contribution in [2.24, 2.45) is 0 Å². The summed E-state index contributed by atoms with van der Waals surface area (Å²) in [6, 6.07) is 6.15. The quantitative estimate of drug-likeness (QED) is 0.852. The van der Waals surface area contributed by atoms with Crippen molar-refractivity contribution in [1.29, 1.82) is 0 Å². The first kappa shape index (κ1) is 12.8. The van der Waals surface area contributed by atoms with E-state index in [4.69, 9.17) is 5.73 Å². The number of nitrogens with one attached hydrogen (secondary N) is 1. The third kappa shape index (κ3) is 2.31. The molecule has 21 heavy (non-hydrogen) atoms. The maximum absolute atomic E-state index is 14.3. The predicted octanol–water partition coefficient (Wildman–Crippen LogP) is 2.60. The zero-order valence-corrected chi connectivity index (χ0v) is 11.8. The molecule has 1 aliphatic carbocycles. The van der Waals surface area contributed by atoms with Crippen LogP contribution in [0.2, 0.25) is 0 Å². The van der Waals surface area contributed by atoms with Crippen LogP contribution in [-0.2, 0) is 0 Å². The molecular formula is C16H19FN4. The van der Waals surface area contributed by atoms with Crippen molar-refractivity contribution in [3.05, 3.63) is 30.2 Å². The van der Waals surface area contributed by atoms with Crippen LogP contribution < -0.4 is 11.1 Å². The van der Waals surface area contributed by atoms with Crippen LogP contribution in [0.25, 0.3) is 10.9 Å². The molecule has 0 amide bonds. The highest BCUT2D eigenvalue weighted by Gasteiger charge is 2.34. The fourth-order valence-corrected chi connectivity index (χ4v) is 3.25. The lowest BCUT2D eigenvalue weighted by molar-refractivity contribution is 0.326. The molecule has 0 spiro atoms. The Bertz CT molecular complexity index is 683. The molecule has 2 aliphatic rings. The van der Waals surface area contributed by atoms with E-state index in [1.807, 2.05) is 12.1 Å². The van der Waals surface area contributed by atoms with Gasteiger partial charge in [-0.15, -0.1) is 0 Å². The number of likely N-dealkylation sites (tertiary alicyclic amines) is 1. The predicted molar refractivity (Wildman–Crippen MR) is 82.7 cm³/mol. The molecule has 5 heteroatoms. The lowest BCUT2D eigenvalue weighted by atomic mass is 10.1. The van der Waals surface area contributed by atoms with Gasteiger partial charge < -0.3 is 11.1 Å². The lowest BCUT2D eigenvalue weighted by Gasteiger charge is -2.18. The molecule has 1 unspecified atom stereocenters. The second-order valence-corrected chi connectivity index (χ2v) is 6.08. The van der Waals surface area contributed by atoms with Crippen LogP contribution in [-0.4, -0.2) is 35.1 Å². The van der Waals surface area contributed by atoms with Gasteiger partial charge in [-0.05, 0) is 37.5 Å². The molecule has 1 saturated heterocycles. The third-order valence-electron chi connectivity index (χ3n) is 4.51. The summed E-state index contributed by atoms with van der Waals surface area (Å²) in [7, 11) is 0. The first-order valence-electron chi connectivity index (χ1n) is 7.55. The standard InChI is InChI=1S/C16H19FN4/c17-13-8-14(18)12-2-1-6-19-15(12)16(13)20-10-5-7-21(9-10)11-3-4-11/h1-2,6,8,10-11,20H,3-5,7,9,18H2. The molecule has 1 aliphatic heterocycles. The van der Waals surface area contributed by atoms with E-state index in [1.54, 1.807) is 6.20 Å². The van der Waals surface area contributed by atoms with Crippen molar-refractivity contribution in [2.75, 3.05) is 24.1 Å². The van der Waals surface area contributed by atoms with E-state index >= 15 is 0 Å². The minimum Gasteiger partial charge on any atom is -0.398 e. The summed E-state index contributed by atoms with van der Waals surface area (Å²) in [5.74, 6) is -0.316. The first-order valence-corrected chi connectivity index (χ1v) is 7.55. The second-order valence-electron chi connectivity index (χ2n) is 6.08. The van der Waals surface area contributed by atoms with Crippen LogP contribution in [0.15, 0.2) is 24.4 Å². The number of nitrogen functional groups attached to an aromatic ring is 1. The Morgan fingerprint density at radius 1 is 1.33 bits per heavy atom. The van der Waals surface area contributed by atoms with E-state index in [1.165, 1.54) is 18.9 Å². The van der Waals surface area contributed by atoms with Gasteiger partial charge in [0.15, 0.2) is 5.82 Å². The monoisotopic (exact) mass is 286 g/mol. The van der Waals surface area contributed by atoms with E-state index in [-0.39, 0.29) is 11.9 Å². The molecule has 3 N–H and O–H groups in total. The van der Waals surface area contributed by atoms with Gasteiger partial charge in [0.1, 0.15) is 0 Å². The topological polar surface area (TPSA) is 54.2 Å². The SMILES string of the molecule is Nc1cc(F)c(NC2CCN(C3CC3)C2)c2ncccc12. The molecule has 2 aromatic rings. The minimum atomic E-state index is -0.316. The molecule has 4 nitrogen and oxygen atoms in total. The summed E-state index contributed by atoms with van der Waals surface area (Å²) < 4.78 is 14.3. The number of pyridine rings is 1. The Morgan fingerprint density at radius 2 is 2.19 bits per heavy atom. The summed E-state index contributed by atoms with van der Waals surface area (Å²) in [4.78, 5) is 6.82. The number of hydrogen-bond acceptors (Lipinski definition) is 4. The van der Waals surface area contributed by atoms with E-state index in [0.29, 0.717) is 16.9 Å². The maximum Gasteiger partial charge on any atom is 0.150 e. The zero-order chi connectivity index (χ0) is 14.4. The average molecular weight is 286 g/mol. The number of rotatable bonds is 3. The van der Waals surface area contributed by atoms with Gasteiger partial charge in [0.05, 0.1) is 11.2 Å². The number of hydrogen-bond donors (Lipinski definition) is 2. The number of benzene rings is 1. The number of nitrogens with zero attached hydrogens (tertiary/aromatic N) is 2. The number of nitrogens with two attached hydrogens (primary N) is 1. The lowest BCUT2D eigenvalue weighted by Crippen LogP contribution is -2.28. The average Bonchev–Trinajstić information content (AvgIpc) is 3.23. The number of anilines is 2. The molecule has 2 heterocycles. The third-order valence-corrected chi connectivity index (χ3v) is 4.51. The fraction of sp³-hybridized carbons (Fsp3) is 0.438. The van der Waals surface area contributed by atoms with Crippen molar-refractivity contribution in [2.45, 2.75) is 31.3 Å². The van der Waals surface area contributed by atoms with E-state index < -0.39 is 0 Å². The van der Waals surface area contributed by atoms with Crippen LogP contribution in [0.4, 0.5) is 15.8 Å². The van der Waals surface area contributed by atoms with E-state index in [2.05, 4.69) is 15.2 Å². The van der Waals surface area contributed by atoms with Gasteiger partial charge in [0, 0.05) is 42.4 Å². The summed E-state index contributed by atoms with van der Waals surface area (Å²) in [6.07, 6.45) is 5.35. The normalized spacial score (nSPS) is 22.8.